The van der Waals surface area contributed by atoms with Crippen LogP contribution in [0.25, 0.3) is 0 Å². The molecule has 1 amide bonds. The van der Waals surface area contributed by atoms with Crippen LogP contribution in [0.5, 0.6) is 0 Å². The topological polar surface area (TPSA) is 66.8 Å². The number of rotatable bonds is 7. The van der Waals surface area contributed by atoms with Gasteiger partial charge >= 0.3 is 0 Å². The molecule has 0 unspecified atom stereocenters. The minimum atomic E-state index is -0.118. The molecule has 0 saturated carbocycles. The van der Waals surface area contributed by atoms with E-state index >= 15 is 0 Å². The van der Waals surface area contributed by atoms with Crippen molar-refractivity contribution in [3.63, 3.8) is 0 Å². The fraction of sp³-hybridized carbons (Fsp3) is 0.688. The van der Waals surface area contributed by atoms with Gasteiger partial charge < -0.3 is 9.64 Å². The molecule has 0 aliphatic carbocycles. The fourth-order valence-electron chi connectivity index (χ4n) is 2.19. The summed E-state index contributed by atoms with van der Waals surface area (Å²) in [6.07, 6.45) is 2.26. The first-order valence-corrected chi connectivity index (χ1v) is 9.01. The van der Waals surface area contributed by atoms with Crippen LogP contribution in [-0.4, -0.2) is 42.9 Å². The van der Waals surface area contributed by atoms with Gasteiger partial charge in [0.05, 0.1) is 25.3 Å². The van der Waals surface area contributed by atoms with Crippen molar-refractivity contribution in [2.45, 2.75) is 40.0 Å². The van der Waals surface area contributed by atoms with Gasteiger partial charge in [0.15, 0.2) is 5.13 Å². The average Bonchev–Trinajstić information content (AvgIpc) is 3.00. The molecule has 0 bridgehead atoms. The van der Waals surface area contributed by atoms with E-state index in [4.69, 9.17) is 4.74 Å². The van der Waals surface area contributed by atoms with Crippen LogP contribution in [0.3, 0.4) is 0 Å². The van der Waals surface area contributed by atoms with Crippen molar-refractivity contribution in [2.75, 3.05) is 31.2 Å². The predicted octanol–water partition coefficient (Wildman–Crippen LogP) is 2.45. The van der Waals surface area contributed by atoms with E-state index in [-0.39, 0.29) is 12.3 Å². The number of carbonyl (C=O) groups excluding carboxylic acids is 1. The molecule has 0 aromatic carbocycles. The fourth-order valence-corrected chi connectivity index (χ4v) is 3.07. The second kappa shape index (κ2) is 8.98. The number of hydrogen-bond donors (Lipinski definition) is 1. The third-order valence-electron chi connectivity index (χ3n) is 3.62. The Morgan fingerprint density at radius 2 is 2.22 bits per heavy atom. The number of thiazole rings is 1. The number of nitrogens with zero attached hydrogens (tertiary/aromatic N) is 3. The second-order valence-electron chi connectivity index (χ2n) is 6.21. The van der Waals surface area contributed by atoms with E-state index < -0.39 is 0 Å². The second-order valence-corrected chi connectivity index (χ2v) is 7.05. The van der Waals surface area contributed by atoms with Crippen molar-refractivity contribution in [3.8, 4) is 0 Å². The lowest BCUT2D eigenvalue weighted by Crippen LogP contribution is -2.36. The van der Waals surface area contributed by atoms with Crippen LogP contribution in [0.2, 0.25) is 0 Å². The lowest BCUT2D eigenvalue weighted by molar-refractivity contribution is -0.120. The Morgan fingerprint density at radius 1 is 1.48 bits per heavy atom. The Labute approximate surface area is 141 Å². The summed E-state index contributed by atoms with van der Waals surface area (Å²) in [5.41, 5.74) is 4.38. The maximum absolute atomic E-state index is 12.0. The summed E-state index contributed by atoms with van der Waals surface area (Å²) in [7, 11) is 0. The van der Waals surface area contributed by atoms with Crippen LogP contribution in [0.1, 0.15) is 39.3 Å². The molecule has 0 spiro atoms. The van der Waals surface area contributed by atoms with Gasteiger partial charge in [-0.1, -0.05) is 13.8 Å². The van der Waals surface area contributed by atoms with Crippen LogP contribution in [-0.2, 0) is 16.0 Å². The molecule has 128 valence electrons. The van der Waals surface area contributed by atoms with Crippen molar-refractivity contribution >= 4 is 28.1 Å². The summed E-state index contributed by atoms with van der Waals surface area (Å²) in [5, 5.41) is 7.06. The van der Waals surface area contributed by atoms with E-state index in [0.717, 1.165) is 55.7 Å². The zero-order valence-electron chi connectivity index (χ0n) is 14.2. The highest BCUT2D eigenvalue weighted by atomic mass is 32.1. The van der Waals surface area contributed by atoms with Gasteiger partial charge in [-0.25, -0.2) is 10.4 Å². The normalized spacial score (nSPS) is 16.0. The summed E-state index contributed by atoms with van der Waals surface area (Å²) in [4.78, 5) is 18.7. The smallest absolute Gasteiger partial charge is 0.246 e. The minimum absolute atomic E-state index is 0.118. The lowest BCUT2D eigenvalue weighted by Gasteiger charge is -2.26. The third-order valence-corrected chi connectivity index (χ3v) is 4.57. The lowest BCUT2D eigenvalue weighted by atomic mass is 10.1. The van der Waals surface area contributed by atoms with Crippen LogP contribution < -0.4 is 10.3 Å². The molecule has 1 saturated heterocycles. The van der Waals surface area contributed by atoms with E-state index in [2.05, 4.69) is 34.3 Å². The summed E-state index contributed by atoms with van der Waals surface area (Å²) < 4.78 is 5.34. The van der Waals surface area contributed by atoms with E-state index in [1.807, 2.05) is 12.3 Å². The SMILES string of the molecule is C/C(CCC(C)C)=N/NC(=O)Cc1csc(N2CCOCC2)n1. The number of aromatic nitrogens is 1. The van der Waals surface area contributed by atoms with Gasteiger partial charge in [0.25, 0.3) is 0 Å². The largest absolute Gasteiger partial charge is 0.378 e. The third kappa shape index (κ3) is 6.27. The van der Waals surface area contributed by atoms with E-state index in [0.29, 0.717) is 5.92 Å². The molecule has 1 aromatic heterocycles. The van der Waals surface area contributed by atoms with Gasteiger partial charge in [0, 0.05) is 24.2 Å². The molecule has 6 nitrogen and oxygen atoms in total. The number of hydrogen-bond acceptors (Lipinski definition) is 6. The van der Waals surface area contributed by atoms with E-state index in [9.17, 15) is 4.79 Å². The molecule has 1 aliphatic rings. The van der Waals surface area contributed by atoms with Gasteiger partial charge in [-0.3, -0.25) is 4.79 Å². The number of nitrogens with one attached hydrogen (secondary N) is 1. The summed E-state index contributed by atoms with van der Waals surface area (Å²) in [6, 6.07) is 0. The highest BCUT2D eigenvalue weighted by Crippen LogP contribution is 2.21. The van der Waals surface area contributed by atoms with Crippen LogP contribution in [0.4, 0.5) is 5.13 Å². The van der Waals surface area contributed by atoms with Crippen molar-refractivity contribution in [2.24, 2.45) is 11.0 Å². The van der Waals surface area contributed by atoms with Crippen molar-refractivity contribution in [1.82, 2.24) is 10.4 Å². The zero-order chi connectivity index (χ0) is 16.7. The number of amides is 1. The minimum Gasteiger partial charge on any atom is -0.378 e. The molecule has 1 aromatic rings. The molecule has 2 heterocycles. The molecule has 7 heteroatoms. The predicted molar refractivity (Wildman–Crippen MR) is 94.2 cm³/mol. The van der Waals surface area contributed by atoms with Gasteiger partial charge in [-0.2, -0.15) is 5.10 Å². The van der Waals surface area contributed by atoms with E-state index in [1.54, 1.807) is 11.3 Å². The molecular formula is C16H26N4O2S. The quantitative estimate of drug-likeness (QED) is 0.612. The molecule has 1 N–H and O–H groups in total. The molecule has 23 heavy (non-hydrogen) atoms. The summed E-state index contributed by atoms with van der Waals surface area (Å²) >= 11 is 1.58. The van der Waals surface area contributed by atoms with E-state index in [1.165, 1.54) is 0 Å². The summed E-state index contributed by atoms with van der Waals surface area (Å²) in [6.45, 7) is 9.50. The van der Waals surface area contributed by atoms with Gasteiger partial charge in [0.1, 0.15) is 0 Å². The van der Waals surface area contributed by atoms with Crippen molar-refractivity contribution < 1.29 is 9.53 Å². The molecular weight excluding hydrogens is 312 g/mol. The van der Waals surface area contributed by atoms with Gasteiger partial charge in [-0.05, 0) is 25.7 Å². The number of hydrazone groups is 1. The van der Waals surface area contributed by atoms with Gasteiger partial charge in [0.2, 0.25) is 5.91 Å². The van der Waals surface area contributed by atoms with Crippen molar-refractivity contribution in [3.05, 3.63) is 11.1 Å². The van der Waals surface area contributed by atoms with Gasteiger partial charge in [-0.15, -0.1) is 11.3 Å². The summed E-state index contributed by atoms with van der Waals surface area (Å²) in [5.74, 6) is 0.525. The Balaban J connectivity index is 1.79. The van der Waals surface area contributed by atoms with Crippen LogP contribution in [0, 0.1) is 5.92 Å². The van der Waals surface area contributed by atoms with Crippen LogP contribution in [0.15, 0.2) is 10.5 Å². The maximum atomic E-state index is 12.0. The Morgan fingerprint density at radius 3 is 2.91 bits per heavy atom. The Kier molecular flexibility index (Phi) is 6.98. The number of ether oxygens (including phenoxy) is 1. The Hall–Kier alpha value is -1.47. The molecule has 1 aliphatic heterocycles. The Bertz CT molecular complexity index is 536. The first-order chi connectivity index (χ1) is 11.0. The first-order valence-electron chi connectivity index (χ1n) is 8.13. The number of carbonyl (C=O) groups is 1. The first kappa shape index (κ1) is 17.9. The highest BCUT2D eigenvalue weighted by Gasteiger charge is 2.15. The average molecular weight is 338 g/mol. The van der Waals surface area contributed by atoms with Crippen molar-refractivity contribution in [1.29, 1.82) is 0 Å². The molecule has 0 atom stereocenters. The number of morpholine rings is 1. The zero-order valence-corrected chi connectivity index (χ0v) is 15.0. The molecule has 2 rings (SSSR count). The molecule has 0 radical (unpaired) electrons. The standard InChI is InChI=1S/C16H26N4O2S/c1-12(2)4-5-13(3)18-19-15(21)10-14-11-23-16(17-14)20-6-8-22-9-7-20/h11-12H,4-10H2,1-3H3,(H,19,21)/b18-13-. The molecule has 1 fully saturated rings. The maximum Gasteiger partial charge on any atom is 0.246 e. The number of anilines is 1. The van der Waals surface area contributed by atoms with Crippen LogP contribution >= 0.6 is 11.3 Å². The monoisotopic (exact) mass is 338 g/mol. The highest BCUT2D eigenvalue weighted by molar-refractivity contribution is 7.13.